The van der Waals surface area contributed by atoms with Crippen molar-refractivity contribution >= 4 is 12.0 Å². The van der Waals surface area contributed by atoms with Gasteiger partial charge in [-0.05, 0) is 30.2 Å². The minimum atomic E-state index is -0.902. The Morgan fingerprint density at radius 1 is 1.36 bits per heavy atom. The van der Waals surface area contributed by atoms with E-state index in [2.05, 4.69) is 0 Å². The van der Waals surface area contributed by atoms with Gasteiger partial charge in [0.15, 0.2) is 0 Å². The van der Waals surface area contributed by atoms with Crippen molar-refractivity contribution in [3.63, 3.8) is 0 Å². The van der Waals surface area contributed by atoms with Crippen LogP contribution in [0.25, 0.3) is 6.08 Å². The fraction of sp³-hybridized carbons (Fsp3) is 0.182. The number of rotatable bonds is 3. The summed E-state index contributed by atoms with van der Waals surface area (Å²) >= 11 is 0. The van der Waals surface area contributed by atoms with Crippen LogP contribution < -0.4 is 0 Å². The molecular formula is C11H12O3. The number of carboxylic acid groups (broad SMARTS) is 1. The monoisotopic (exact) mass is 192 g/mol. The zero-order chi connectivity index (χ0) is 10.6. The van der Waals surface area contributed by atoms with Gasteiger partial charge in [-0.15, -0.1) is 0 Å². The Morgan fingerprint density at radius 3 is 2.36 bits per heavy atom. The SMILES string of the molecule is CC/C(=C\c1ccc(O)cc1)C(=O)O. The summed E-state index contributed by atoms with van der Waals surface area (Å²) in [6.45, 7) is 1.79. The molecule has 1 aromatic carbocycles. The van der Waals surface area contributed by atoms with Crippen molar-refractivity contribution in [1.82, 2.24) is 0 Å². The molecule has 74 valence electrons. The lowest BCUT2D eigenvalue weighted by Crippen LogP contribution is -1.98. The van der Waals surface area contributed by atoms with Gasteiger partial charge < -0.3 is 10.2 Å². The molecule has 1 aromatic rings. The highest BCUT2D eigenvalue weighted by atomic mass is 16.4. The first-order valence-electron chi connectivity index (χ1n) is 4.36. The lowest BCUT2D eigenvalue weighted by atomic mass is 10.1. The lowest BCUT2D eigenvalue weighted by molar-refractivity contribution is -0.132. The second kappa shape index (κ2) is 4.46. The van der Waals surface area contributed by atoms with Crippen molar-refractivity contribution in [2.24, 2.45) is 0 Å². The Balaban J connectivity index is 2.95. The molecular weight excluding hydrogens is 180 g/mol. The van der Waals surface area contributed by atoms with Gasteiger partial charge >= 0.3 is 5.97 Å². The number of aliphatic carboxylic acids is 1. The summed E-state index contributed by atoms with van der Waals surface area (Å²) in [5.41, 5.74) is 1.14. The summed E-state index contributed by atoms with van der Waals surface area (Å²) in [4.78, 5) is 10.7. The van der Waals surface area contributed by atoms with Crippen LogP contribution in [-0.4, -0.2) is 16.2 Å². The second-order valence-corrected chi connectivity index (χ2v) is 2.92. The van der Waals surface area contributed by atoms with Crippen LogP contribution in [0.4, 0.5) is 0 Å². The summed E-state index contributed by atoms with van der Waals surface area (Å²) < 4.78 is 0. The van der Waals surface area contributed by atoms with Crippen molar-refractivity contribution in [3.8, 4) is 5.75 Å². The van der Waals surface area contributed by atoms with Crippen LogP contribution in [0.3, 0.4) is 0 Å². The number of carboxylic acids is 1. The highest BCUT2D eigenvalue weighted by Crippen LogP contribution is 2.14. The van der Waals surface area contributed by atoms with E-state index >= 15 is 0 Å². The molecule has 0 spiro atoms. The molecule has 14 heavy (non-hydrogen) atoms. The zero-order valence-electron chi connectivity index (χ0n) is 7.90. The standard InChI is InChI=1S/C11H12O3/c1-2-9(11(13)14)7-8-3-5-10(12)6-4-8/h3-7,12H,2H2,1H3,(H,13,14)/b9-7+. The van der Waals surface area contributed by atoms with Gasteiger partial charge in [-0.3, -0.25) is 0 Å². The third-order valence-electron chi connectivity index (χ3n) is 1.89. The highest BCUT2D eigenvalue weighted by molar-refractivity contribution is 5.92. The molecule has 0 aromatic heterocycles. The normalized spacial score (nSPS) is 11.4. The van der Waals surface area contributed by atoms with Gasteiger partial charge in [0.25, 0.3) is 0 Å². The molecule has 0 fully saturated rings. The molecule has 2 N–H and O–H groups in total. The fourth-order valence-corrected chi connectivity index (χ4v) is 1.09. The van der Waals surface area contributed by atoms with Crippen molar-refractivity contribution in [3.05, 3.63) is 35.4 Å². The molecule has 0 amide bonds. The first kappa shape index (κ1) is 10.3. The van der Waals surface area contributed by atoms with E-state index in [0.717, 1.165) is 5.56 Å². The van der Waals surface area contributed by atoms with Crippen LogP contribution in [0.5, 0.6) is 5.75 Å². The molecule has 0 saturated carbocycles. The van der Waals surface area contributed by atoms with Crippen molar-refractivity contribution in [1.29, 1.82) is 0 Å². The average molecular weight is 192 g/mol. The van der Waals surface area contributed by atoms with Crippen LogP contribution in [-0.2, 0) is 4.79 Å². The Labute approximate surface area is 82.3 Å². The summed E-state index contributed by atoms with van der Waals surface area (Å²) in [5.74, 6) is -0.726. The average Bonchev–Trinajstić information content (AvgIpc) is 2.16. The first-order chi connectivity index (χ1) is 6.63. The van der Waals surface area contributed by atoms with Gasteiger partial charge in [-0.1, -0.05) is 19.1 Å². The number of benzene rings is 1. The molecule has 3 nitrogen and oxygen atoms in total. The number of aromatic hydroxyl groups is 1. The number of phenolic OH excluding ortho intramolecular Hbond substituents is 1. The summed E-state index contributed by atoms with van der Waals surface area (Å²) in [7, 11) is 0. The summed E-state index contributed by atoms with van der Waals surface area (Å²) in [5, 5.41) is 17.8. The topological polar surface area (TPSA) is 57.5 Å². The van der Waals surface area contributed by atoms with E-state index in [1.165, 1.54) is 12.1 Å². The molecule has 0 heterocycles. The molecule has 0 bridgehead atoms. The van der Waals surface area contributed by atoms with Gasteiger partial charge in [0.2, 0.25) is 0 Å². The quantitative estimate of drug-likeness (QED) is 0.722. The molecule has 0 radical (unpaired) electrons. The van der Waals surface area contributed by atoms with Crippen LogP contribution in [0.15, 0.2) is 29.8 Å². The number of phenols is 1. The molecule has 0 aliphatic rings. The van der Waals surface area contributed by atoms with E-state index in [1.807, 2.05) is 0 Å². The molecule has 0 atom stereocenters. The van der Waals surface area contributed by atoms with E-state index in [-0.39, 0.29) is 5.75 Å². The number of hydrogen-bond donors (Lipinski definition) is 2. The maximum absolute atomic E-state index is 10.7. The predicted molar refractivity (Wildman–Crippen MR) is 54.0 cm³/mol. The van der Waals surface area contributed by atoms with Crippen molar-refractivity contribution in [2.75, 3.05) is 0 Å². The third-order valence-corrected chi connectivity index (χ3v) is 1.89. The van der Waals surface area contributed by atoms with Crippen LogP contribution in [0, 0.1) is 0 Å². The zero-order valence-corrected chi connectivity index (χ0v) is 7.90. The van der Waals surface area contributed by atoms with E-state index in [9.17, 15) is 4.79 Å². The molecule has 3 heteroatoms. The van der Waals surface area contributed by atoms with Crippen LogP contribution >= 0.6 is 0 Å². The van der Waals surface area contributed by atoms with E-state index in [0.29, 0.717) is 12.0 Å². The van der Waals surface area contributed by atoms with Crippen LogP contribution in [0.1, 0.15) is 18.9 Å². The van der Waals surface area contributed by atoms with Crippen molar-refractivity contribution < 1.29 is 15.0 Å². The van der Waals surface area contributed by atoms with E-state index in [1.54, 1.807) is 25.1 Å². The molecule has 0 aliphatic carbocycles. The van der Waals surface area contributed by atoms with Crippen molar-refractivity contribution in [2.45, 2.75) is 13.3 Å². The summed E-state index contributed by atoms with van der Waals surface area (Å²) in [6, 6.07) is 6.41. The lowest BCUT2D eigenvalue weighted by Gasteiger charge is -1.98. The Kier molecular flexibility index (Phi) is 3.29. The molecule has 0 saturated heterocycles. The van der Waals surface area contributed by atoms with E-state index < -0.39 is 5.97 Å². The minimum Gasteiger partial charge on any atom is -0.508 e. The Bertz CT molecular complexity index is 349. The van der Waals surface area contributed by atoms with Gasteiger partial charge in [-0.25, -0.2) is 4.79 Å². The smallest absolute Gasteiger partial charge is 0.331 e. The van der Waals surface area contributed by atoms with Gasteiger partial charge in [-0.2, -0.15) is 0 Å². The molecule has 1 rings (SSSR count). The van der Waals surface area contributed by atoms with Gasteiger partial charge in [0.1, 0.15) is 5.75 Å². The predicted octanol–water partition coefficient (Wildman–Crippen LogP) is 2.27. The van der Waals surface area contributed by atoms with Gasteiger partial charge in [0, 0.05) is 5.57 Å². The molecule has 0 aliphatic heterocycles. The van der Waals surface area contributed by atoms with Crippen LogP contribution in [0.2, 0.25) is 0 Å². The maximum Gasteiger partial charge on any atom is 0.331 e. The number of hydrogen-bond acceptors (Lipinski definition) is 2. The third kappa shape index (κ3) is 2.62. The Morgan fingerprint density at radius 2 is 1.93 bits per heavy atom. The highest BCUT2D eigenvalue weighted by Gasteiger charge is 2.03. The fourth-order valence-electron chi connectivity index (χ4n) is 1.09. The molecule has 0 unspecified atom stereocenters. The van der Waals surface area contributed by atoms with E-state index in [4.69, 9.17) is 10.2 Å². The maximum atomic E-state index is 10.7. The minimum absolute atomic E-state index is 0.176. The summed E-state index contributed by atoms with van der Waals surface area (Å²) in [6.07, 6.45) is 2.08. The van der Waals surface area contributed by atoms with Gasteiger partial charge in [0.05, 0.1) is 0 Å². The Hall–Kier alpha value is -1.77. The first-order valence-corrected chi connectivity index (χ1v) is 4.36. The largest absolute Gasteiger partial charge is 0.508 e. The number of carbonyl (C=O) groups is 1. The second-order valence-electron chi connectivity index (χ2n) is 2.92.